The molecule has 3 rings (SSSR count). The number of carbonyl (C=O) groups is 1. The molecule has 6 heteroatoms. The highest BCUT2D eigenvalue weighted by molar-refractivity contribution is 7.17. The molecular formula is C14H11N3OS2. The van der Waals surface area contributed by atoms with E-state index in [2.05, 4.69) is 15.3 Å². The minimum Gasteiger partial charge on any atom is -0.321 e. The number of pyridine rings is 1. The van der Waals surface area contributed by atoms with Gasteiger partial charge < -0.3 is 5.32 Å². The zero-order valence-corrected chi connectivity index (χ0v) is 12.3. The van der Waals surface area contributed by atoms with Gasteiger partial charge in [-0.25, -0.2) is 4.98 Å². The SMILES string of the molecule is Cc1nc(-c2ccsc2)sc1C(=O)Nc1ccncc1. The van der Waals surface area contributed by atoms with E-state index in [1.165, 1.54) is 11.3 Å². The minimum absolute atomic E-state index is 0.132. The Hall–Kier alpha value is -2.05. The summed E-state index contributed by atoms with van der Waals surface area (Å²) in [6.07, 6.45) is 3.29. The largest absolute Gasteiger partial charge is 0.321 e. The van der Waals surface area contributed by atoms with Gasteiger partial charge in [0.25, 0.3) is 5.91 Å². The van der Waals surface area contributed by atoms with Gasteiger partial charge in [0.2, 0.25) is 0 Å². The third kappa shape index (κ3) is 2.61. The third-order valence-electron chi connectivity index (χ3n) is 2.71. The van der Waals surface area contributed by atoms with Crippen molar-refractivity contribution in [1.29, 1.82) is 0 Å². The standard InChI is InChI=1S/C14H11N3OS2/c1-9-12(13(18)17-11-2-5-15-6-3-11)20-14(16-9)10-4-7-19-8-10/h2-8H,1H3,(H,15,17,18). The monoisotopic (exact) mass is 301 g/mol. The molecule has 3 aromatic heterocycles. The summed E-state index contributed by atoms with van der Waals surface area (Å²) in [6, 6.07) is 5.52. The first kappa shape index (κ1) is 13.0. The van der Waals surface area contributed by atoms with Crippen molar-refractivity contribution in [1.82, 2.24) is 9.97 Å². The normalized spacial score (nSPS) is 10.4. The fourth-order valence-corrected chi connectivity index (χ4v) is 3.41. The van der Waals surface area contributed by atoms with Crippen molar-refractivity contribution in [2.45, 2.75) is 6.92 Å². The Morgan fingerprint density at radius 1 is 1.25 bits per heavy atom. The molecule has 0 atom stereocenters. The second kappa shape index (κ2) is 5.52. The molecule has 0 unspecified atom stereocenters. The average molecular weight is 301 g/mol. The Morgan fingerprint density at radius 2 is 2.05 bits per heavy atom. The maximum atomic E-state index is 12.3. The van der Waals surface area contributed by atoms with E-state index in [9.17, 15) is 4.79 Å². The predicted molar refractivity (Wildman–Crippen MR) is 82.4 cm³/mol. The Balaban J connectivity index is 1.85. The van der Waals surface area contributed by atoms with Crippen LogP contribution < -0.4 is 5.32 Å². The molecule has 0 aromatic carbocycles. The summed E-state index contributed by atoms with van der Waals surface area (Å²) in [5.74, 6) is -0.132. The van der Waals surface area contributed by atoms with E-state index < -0.39 is 0 Å². The van der Waals surface area contributed by atoms with Gasteiger partial charge in [-0.05, 0) is 30.5 Å². The molecule has 0 aliphatic carbocycles. The predicted octanol–water partition coefficient (Wildman–Crippen LogP) is 3.83. The van der Waals surface area contributed by atoms with E-state index in [-0.39, 0.29) is 5.91 Å². The number of nitrogens with zero attached hydrogens (tertiary/aromatic N) is 2. The van der Waals surface area contributed by atoms with Crippen LogP contribution in [0.5, 0.6) is 0 Å². The van der Waals surface area contributed by atoms with Gasteiger partial charge in [-0.15, -0.1) is 11.3 Å². The Labute approximate surface area is 124 Å². The van der Waals surface area contributed by atoms with Gasteiger partial charge in [0.1, 0.15) is 9.88 Å². The molecule has 3 heterocycles. The van der Waals surface area contributed by atoms with Crippen LogP contribution in [0.3, 0.4) is 0 Å². The van der Waals surface area contributed by atoms with Crippen LogP contribution in [0.4, 0.5) is 5.69 Å². The summed E-state index contributed by atoms with van der Waals surface area (Å²) < 4.78 is 0. The van der Waals surface area contributed by atoms with E-state index in [0.29, 0.717) is 4.88 Å². The van der Waals surface area contributed by atoms with Crippen LogP contribution in [0, 0.1) is 6.92 Å². The van der Waals surface area contributed by atoms with Crippen molar-refractivity contribution in [3.63, 3.8) is 0 Å². The molecule has 0 bridgehead atoms. The molecule has 1 amide bonds. The summed E-state index contributed by atoms with van der Waals surface area (Å²) in [7, 11) is 0. The van der Waals surface area contributed by atoms with Crippen LogP contribution in [0.15, 0.2) is 41.4 Å². The van der Waals surface area contributed by atoms with Crippen molar-refractivity contribution in [3.8, 4) is 10.6 Å². The number of amides is 1. The maximum Gasteiger partial charge on any atom is 0.267 e. The number of aromatic nitrogens is 2. The molecule has 20 heavy (non-hydrogen) atoms. The summed E-state index contributed by atoms with van der Waals surface area (Å²) in [5, 5.41) is 7.76. The van der Waals surface area contributed by atoms with Gasteiger partial charge in [0, 0.05) is 29.0 Å². The minimum atomic E-state index is -0.132. The van der Waals surface area contributed by atoms with Crippen molar-refractivity contribution < 1.29 is 4.79 Å². The van der Waals surface area contributed by atoms with E-state index >= 15 is 0 Å². The van der Waals surface area contributed by atoms with Crippen LogP contribution in [-0.2, 0) is 0 Å². The molecule has 0 aliphatic heterocycles. The van der Waals surface area contributed by atoms with Gasteiger partial charge in [-0.2, -0.15) is 11.3 Å². The van der Waals surface area contributed by atoms with Crippen molar-refractivity contribution in [3.05, 3.63) is 51.9 Å². The summed E-state index contributed by atoms with van der Waals surface area (Å²) in [5.41, 5.74) is 2.55. The summed E-state index contributed by atoms with van der Waals surface area (Å²) in [6.45, 7) is 1.85. The molecule has 0 saturated carbocycles. The molecule has 0 spiro atoms. The van der Waals surface area contributed by atoms with Gasteiger partial charge in [0.15, 0.2) is 0 Å². The number of thiophene rings is 1. The lowest BCUT2D eigenvalue weighted by Gasteiger charge is -2.02. The first-order valence-corrected chi connectivity index (χ1v) is 7.71. The molecule has 3 aromatic rings. The number of nitrogens with one attached hydrogen (secondary N) is 1. The zero-order chi connectivity index (χ0) is 13.9. The number of hydrogen-bond acceptors (Lipinski definition) is 5. The van der Waals surface area contributed by atoms with E-state index in [1.54, 1.807) is 35.9 Å². The number of anilines is 1. The lowest BCUT2D eigenvalue weighted by atomic mass is 10.3. The maximum absolute atomic E-state index is 12.3. The molecule has 0 aliphatic rings. The van der Waals surface area contributed by atoms with E-state index in [1.807, 2.05) is 23.8 Å². The van der Waals surface area contributed by atoms with Gasteiger partial charge in [0.05, 0.1) is 5.69 Å². The molecule has 100 valence electrons. The van der Waals surface area contributed by atoms with Gasteiger partial charge in [-0.1, -0.05) is 0 Å². The Kier molecular flexibility index (Phi) is 3.58. The van der Waals surface area contributed by atoms with E-state index in [0.717, 1.165) is 22.0 Å². The second-order valence-corrected chi connectivity index (χ2v) is 5.91. The third-order valence-corrected chi connectivity index (χ3v) is 4.60. The Morgan fingerprint density at radius 3 is 2.75 bits per heavy atom. The fraction of sp³-hybridized carbons (Fsp3) is 0.0714. The number of carbonyl (C=O) groups excluding carboxylic acids is 1. The first-order chi connectivity index (χ1) is 9.74. The smallest absolute Gasteiger partial charge is 0.267 e. The number of hydrogen-bond donors (Lipinski definition) is 1. The highest BCUT2D eigenvalue weighted by Crippen LogP contribution is 2.29. The first-order valence-electron chi connectivity index (χ1n) is 5.95. The summed E-state index contributed by atoms with van der Waals surface area (Å²) >= 11 is 3.03. The highest BCUT2D eigenvalue weighted by Gasteiger charge is 2.16. The van der Waals surface area contributed by atoms with Gasteiger partial charge >= 0.3 is 0 Å². The lowest BCUT2D eigenvalue weighted by Crippen LogP contribution is -2.11. The van der Waals surface area contributed by atoms with E-state index in [4.69, 9.17) is 0 Å². The van der Waals surface area contributed by atoms with Crippen molar-refractivity contribution in [2.24, 2.45) is 0 Å². The Bertz CT molecular complexity index is 720. The molecule has 1 N–H and O–H groups in total. The highest BCUT2D eigenvalue weighted by atomic mass is 32.1. The quantitative estimate of drug-likeness (QED) is 0.800. The summed E-state index contributed by atoms with van der Waals surface area (Å²) in [4.78, 5) is 21.3. The molecular weight excluding hydrogens is 290 g/mol. The average Bonchev–Trinajstić information content (AvgIpc) is 3.08. The van der Waals surface area contributed by atoms with Crippen LogP contribution in [-0.4, -0.2) is 15.9 Å². The number of aryl methyl sites for hydroxylation is 1. The fourth-order valence-electron chi connectivity index (χ4n) is 1.74. The van der Waals surface area contributed by atoms with Crippen molar-refractivity contribution in [2.75, 3.05) is 5.32 Å². The topological polar surface area (TPSA) is 54.9 Å². The van der Waals surface area contributed by atoms with Crippen LogP contribution in [0.1, 0.15) is 15.4 Å². The lowest BCUT2D eigenvalue weighted by molar-refractivity contribution is 0.103. The molecule has 4 nitrogen and oxygen atoms in total. The van der Waals surface area contributed by atoms with Crippen LogP contribution >= 0.6 is 22.7 Å². The van der Waals surface area contributed by atoms with Crippen molar-refractivity contribution >= 4 is 34.3 Å². The molecule has 0 radical (unpaired) electrons. The number of rotatable bonds is 3. The van der Waals surface area contributed by atoms with Gasteiger partial charge in [-0.3, -0.25) is 9.78 Å². The van der Waals surface area contributed by atoms with Crippen LogP contribution in [0.2, 0.25) is 0 Å². The van der Waals surface area contributed by atoms with Crippen LogP contribution in [0.25, 0.3) is 10.6 Å². The second-order valence-electron chi connectivity index (χ2n) is 4.14. The zero-order valence-electron chi connectivity index (χ0n) is 10.7. The number of thiazole rings is 1. The molecule has 0 saturated heterocycles. The molecule has 0 fully saturated rings.